The minimum Gasteiger partial charge on any atom is -0.363 e. The lowest BCUT2D eigenvalue weighted by molar-refractivity contribution is 0.0948. The van der Waals surface area contributed by atoms with E-state index in [2.05, 4.69) is 45.7 Å². The summed E-state index contributed by atoms with van der Waals surface area (Å²) in [6, 6.07) is 4.18. The maximum absolute atomic E-state index is 12.9. The van der Waals surface area contributed by atoms with Crippen molar-refractivity contribution >= 4 is 17.1 Å². The van der Waals surface area contributed by atoms with E-state index in [0.717, 1.165) is 41.8 Å². The van der Waals surface area contributed by atoms with Gasteiger partial charge in [-0.25, -0.2) is 14.8 Å². The van der Waals surface area contributed by atoms with Gasteiger partial charge in [0, 0.05) is 37.4 Å². The molecule has 1 fully saturated rings. The van der Waals surface area contributed by atoms with E-state index < -0.39 is 5.91 Å². The van der Waals surface area contributed by atoms with Gasteiger partial charge in [0.15, 0.2) is 11.5 Å². The van der Waals surface area contributed by atoms with Crippen molar-refractivity contribution in [3.05, 3.63) is 46.0 Å². The zero-order valence-corrected chi connectivity index (χ0v) is 20.8. The van der Waals surface area contributed by atoms with Gasteiger partial charge in [-0.05, 0) is 49.1 Å². The number of nitrogens with two attached hydrogens (primary N) is 1. The van der Waals surface area contributed by atoms with Crippen LogP contribution in [0.25, 0.3) is 11.2 Å². The Morgan fingerprint density at radius 3 is 2.58 bits per heavy atom. The first kappa shape index (κ1) is 23.3. The summed E-state index contributed by atoms with van der Waals surface area (Å²) in [5.74, 6) is 0.0315. The molecule has 8 nitrogen and oxygen atoms in total. The normalized spacial score (nSPS) is 20.9. The molecule has 3 aromatic rings. The predicted molar refractivity (Wildman–Crippen MR) is 129 cm³/mol. The number of rotatable bonds is 4. The Labute approximate surface area is 194 Å². The molecular formula is C25H36N6O2. The largest absolute Gasteiger partial charge is 0.363 e. The number of nitrogens with zero attached hydrogens (tertiary/aromatic N) is 5. The first-order valence-electron chi connectivity index (χ1n) is 11.7. The van der Waals surface area contributed by atoms with Crippen molar-refractivity contribution < 1.29 is 4.79 Å². The fourth-order valence-corrected chi connectivity index (χ4v) is 5.26. The van der Waals surface area contributed by atoms with Gasteiger partial charge in [-0.2, -0.15) is 0 Å². The van der Waals surface area contributed by atoms with Crippen LogP contribution < -0.4 is 11.4 Å². The minimum atomic E-state index is -0.504. The Bertz CT molecular complexity index is 1270. The minimum absolute atomic E-state index is 0.0131. The molecule has 0 aromatic carbocycles. The SMILES string of the molecule is Cc1cn(C2CC(c3ccc4c(n3)n(C)c(=O)n4CC(C)(C)C)CCC2(C)C)c(C(N)=O)n1. The highest BCUT2D eigenvalue weighted by Crippen LogP contribution is 2.49. The molecule has 2 N–H and O–H groups in total. The molecule has 0 saturated heterocycles. The van der Waals surface area contributed by atoms with E-state index in [4.69, 9.17) is 10.7 Å². The molecule has 2 atom stereocenters. The van der Waals surface area contributed by atoms with Gasteiger partial charge in [-0.1, -0.05) is 34.6 Å². The molecule has 0 radical (unpaired) electrons. The van der Waals surface area contributed by atoms with Gasteiger partial charge in [-0.3, -0.25) is 13.9 Å². The fraction of sp³-hybridized carbons (Fsp3) is 0.600. The molecule has 3 aromatic heterocycles. The third-order valence-corrected chi connectivity index (χ3v) is 7.01. The van der Waals surface area contributed by atoms with Crippen LogP contribution in [0, 0.1) is 17.8 Å². The average molecular weight is 453 g/mol. The molecule has 0 spiro atoms. The number of pyridine rings is 1. The van der Waals surface area contributed by atoms with Crippen molar-refractivity contribution in [2.75, 3.05) is 0 Å². The topological polar surface area (TPSA) is 101 Å². The van der Waals surface area contributed by atoms with Crippen LogP contribution in [-0.4, -0.2) is 29.6 Å². The van der Waals surface area contributed by atoms with Gasteiger partial charge in [-0.15, -0.1) is 0 Å². The second-order valence-corrected chi connectivity index (χ2v) is 11.5. The maximum Gasteiger partial charge on any atom is 0.330 e. The number of primary amides is 1. The first-order valence-corrected chi connectivity index (χ1v) is 11.7. The van der Waals surface area contributed by atoms with E-state index >= 15 is 0 Å². The number of aromatic nitrogens is 5. The molecule has 1 aliphatic rings. The number of hydrogen-bond donors (Lipinski definition) is 1. The second kappa shape index (κ2) is 7.85. The molecule has 178 valence electrons. The summed E-state index contributed by atoms with van der Waals surface area (Å²) in [7, 11) is 1.79. The number of aryl methyl sites for hydroxylation is 2. The summed E-state index contributed by atoms with van der Waals surface area (Å²) < 4.78 is 5.45. The Morgan fingerprint density at radius 1 is 1.24 bits per heavy atom. The van der Waals surface area contributed by atoms with Gasteiger partial charge < -0.3 is 10.3 Å². The van der Waals surface area contributed by atoms with Crippen LogP contribution >= 0.6 is 0 Å². The van der Waals surface area contributed by atoms with E-state index in [1.807, 2.05) is 28.3 Å². The van der Waals surface area contributed by atoms with Crippen LogP contribution in [-0.2, 0) is 13.6 Å². The van der Waals surface area contributed by atoms with Crippen molar-refractivity contribution in [3.8, 4) is 0 Å². The summed E-state index contributed by atoms with van der Waals surface area (Å²) in [6.07, 6.45) is 4.75. The van der Waals surface area contributed by atoms with Crippen LogP contribution in [0.3, 0.4) is 0 Å². The van der Waals surface area contributed by atoms with Gasteiger partial charge in [0.25, 0.3) is 5.91 Å². The Balaban J connectivity index is 1.73. The van der Waals surface area contributed by atoms with Crippen LogP contribution in [0.2, 0.25) is 0 Å². The molecule has 8 heteroatoms. The number of carbonyl (C=O) groups is 1. The molecular weight excluding hydrogens is 416 g/mol. The van der Waals surface area contributed by atoms with Crippen molar-refractivity contribution in [3.63, 3.8) is 0 Å². The lowest BCUT2D eigenvalue weighted by Gasteiger charge is -2.43. The number of hydrogen-bond acceptors (Lipinski definition) is 4. The molecule has 1 amide bonds. The molecule has 1 aliphatic carbocycles. The van der Waals surface area contributed by atoms with E-state index in [1.54, 1.807) is 11.6 Å². The van der Waals surface area contributed by atoms with E-state index in [1.165, 1.54) is 0 Å². The number of fused-ring (bicyclic) bond motifs is 1. The fourth-order valence-electron chi connectivity index (χ4n) is 5.26. The second-order valence-electron chi connectivity index (χ2n) is 11.5. The third-order valence-electron chi connectivity index (χ3n) is 7.01. The summed E-state index contributed by atoms with van der Waals surface area (Å²) in [4.78, 5) is 34.3. The smallest absolute Gasteiger partial charge is 0.330 e. The standard InChI is InChI=1S/C25H36N6O2/c1-15-13-30(22(27-15)20(26)32)19-12-16(10-11-25(19,5)6)17-8-9-18-21(28-17)29(7)23(33)31(18)14-24(2,3)4/h8-9,13,16,19H,10-12,14H2,1-7H3,(H2,26,32). The summed E-state index contributed by atoms with van der Waals surface area (Å²) in [6.45, 7) is 13.4. The van der Waals surface area contributed by atoms with E-state index in [-0.39, 0.29) is 28.5 Å². The highest BCUT2D eigenvalue weighted by Gasteiger charge is 2.40. The monoisotopic (exact) mass is 452 g/mol. The summed E-state index contributed by atoms with van der Waals surface area (Å²) >= 11 is 0. The van der Waals surface area contributed by atoms with Crippen molar-refractivity contribution in [1.82, 2.24) is 23.7 Å². The van der Waals surface area contributed by atoms with Crippen LogP contribution in [0.15, 0.2) is 23.1 Å². The molecule has 0 bridgehead atoms. The van der Waals surface area contributed by atoms with Crippen molar-refractivity contribution in [1.29, 1.82) is 0 Å². The van der Waals surface area contributed by atoms with Crippen LogP contribution in [0.5, 0.6) is 0 Å². The quantitative estimate of drug-likeness (QED) is 0.648. The molecule has 0 aliphatic heterocycles. The summed E-state index contributed by atoms with van der Waals surface area (Å²) in [5, 5.41) is 0. The lowest BCUT2D eigenvalue weighted by atomic mass is 9.68. The van der Waals surface area contributed by atoms with Crippen LogP contribution in [0.4, 0.5) is 0 Å². The summed E-state index contributed by atoms with van der Waals surface area (Å²) in [5.41, 5.74) is 8.95. The number of amides is 1. The Morgan fingerprint density at radius 2 is 1.94 bits per heavy atom. The Hall–Kier alpha value is -2.90. The maximum atomic E-state index is 12.9. The first-order chi connectivity index (χ1) is 15.3. The molecule has 33 heavy (non-hydrogen) atoms. The number of carbonyl (C=O) groups excluding carboxylic acids is 1. The van der Waals surface area contributed by atoms with Gasteiger partial charge in [0.1, 0.15) is 0 Å². The lowest BCUT2D eigenvalue weighted by Crippen LogP contribution is -2.35. The van der Waals surface area contributed by atoms with Crippen LogP contribution in [0.1, 0.15) is 87.8 Å². The Kier molecular flexibility index (Phi) is 5.53. The van der Waals surface area contributed by atoms with Gasteiger partial charge >= 0.3 is 5.69 Å². The van der Waals surface area contributed by atoms with Crippen molar-refractivity contribution in [2.45, 2.75) is 79.3 Å². The average Bonchev–Trinajstić information content (AvgIpc) is 3.20. The highest BCUT2D eigenvalue weighted by atomic mass is 16.2. The highest BCUT2D eigenvalue weighted by molar-refractivity contribution is 5.89. The zero-order valence-electron chi connectivity index (χ0n) is 20.8. The predicted octanol–water partition coefficient (Wildman–Crippen LogP) is 3.92. The van der Waals surface area contributed by atoms with E-state index in [0.29, 0.717) is 12.4 Å². The van der Waals surface area contributed by atoms with Crippen molar-refractivity contribution in [2.24, 2.45) is 23.6 Å². The number of imidazole rings is 2. The molecule has 2 unspecified atom stereocenters. The molecule has 1 saturated carbocycles. The van der Waals surface area contributed by atoms with Gasteiger partial charge in [0.2, 0.25) is 0 Å². The third kappa shape index (κ3) is 4.23. The molecule has 4 rings (SSSR count). The molecule has 3 heterocycles. The van der Waals surface area contributed by atoms with E-state index in [9.17, 15) is 9.59 Å². The zero-order chi connectivity index (χ0) is 24.3. The van der Waals surface area contributed by atoms with Gasteiger partial charge in [0.05, 0.1) is 11.2 Å².